The topological polar surface area (TPSA) is 77.3 Å². The Kier molecular flexibility index (Phi) is 4.13. The summed E-state index contributed by atoms with van der Waals surface area (Å²) in [6, 6.07) is 0. The summed E-state index contributed by atoms with van der Waals surface area (Å²) in [5, 5.41) is 14.2. The van der Waals surface area contributed by atoms with Crippen molar-refractivity contribution in [1.82, 2.24) is 10.3 Å². The van der Waals surface area contributed by atoms with Gasteiger partial charge in [-0.25, -0.2) is 0 Å². The Morgan fingerprint density at radius 3 is 3.06 bits per heavy atom. The number of nitrogens with zero attached hydrogens (tertiary/aromatic N) is 2. The Bertz CT molecular complexity index is 455. The second kappa shape index (κ2) is 5.62. The molecule has 0 aromatic carbocycles. The summed E-state index contributed by atoms with van der Waals surface area (Å²) in [4.78, 5) is 14.3. The molecule has 1 aliphatic heterocycles. The van der Waals surface area contributed by atoms with Crippen molar-refractivity contribution in [2.24, 2.45) is 5.92 Å². The molecule has 2 atom stereocenters. The third-order valence-electron chi connectivity index (χ3n) is 3.06. The Morgan fingerprint density at radius 1 is 1.61 bits per heavy atom. The number of halogens is 1. The summed E-state index contributed by atoms with van der Waals surface area (Å²) in [6.45, 7) is 3.75. The van der Waals surface area contributed by atoms with Gasteiger partial charge in [-0.1, -0.05) is 6.92 Å². The van der Waals surface area contributed by atoms with Gasteiger partial charge in [0.05, 0.1) is 9.40 Å². The van der Waals surface area contributed by atoms with Crippen LogP contribution in [0.2, 0.25) is 0 Å². The van der Waals surface area contributed by atoms with Crippen molar-refractivity contribution in [3.05, 3.63) is 27.0 Å². The van der Waals surface area contributed by atoms with E-state index < -0.39 is 4.92 Å². The highest BCUT2D eigenvalue weighted by Crippen LogP contribution is 2.35. The van der Waals surface area contributed by atoms with Gasteiger partial charge in [0.1, 0.15) is 12.3 Å². The number of piperidine rings is 1. The minimum Gasteiger partial charge on any atom is -0.481 e. The Morgan fingerprint density at radius 2 is 2.39 bits per heavy atom. The minimum atomic E-state index is -0.478. The Hall–Kier alpha value is -1.21. The molecule has 1 aliphatic rings. The van der Waals surface area contributed by atoms with Gasteiger partial charge in [0.25, 0.3) is 0 Å². The first-order valence-electron chi connectivity index (χ1n) is 5.75. The van der Waals surface area contributed by atoms with E-state index in [1.165, 1.54) is 12.4 Å². The van der Waals surface area contributed by atoms with E-state index in [-0.39, 0.29) is 17.5 Å². The molecule has 18 heavy (non-hydrogen) atoms. The minimum absolute atomic E-state index is 0.0591. The second-order valence-corrected chi connectivity index (χ2v) is 5.21. The van der Waals surface area contributed by atoms with E-state index in [9.17, 15) is 10.1 Å². The van der Waals surface area contributed by atoms with E-state index >= 15 is 0 Å². The van der Waals surface area contributed by atoms with Crippen molar-refractivity contribution in [2.75, 3.05) is 13.1 Å². The van der Waals surface area contributed by atoms with Gasteiger partial charge in [0.2, 0.25) is 5.75 Å². The summed E-state index contributed by atoms with van der Waals surface area (Å²) in [5.74, 6) is 0.626. The normalized spacial score (nSPS) is 23.7. The maximum absolute atomic E-state index is 10.9. The number of aromatic nitrogens is 1. The van der Waals surface area contributed by atoms with Gasteiger partial charge in [-0.2, -0.15) is 0 Å². The average Bonchev–Trinajstić information content (AvgIpc) is 2.34. The van der Waals surface area contributed by atoms with Crippen LogP contribution in [-0.2, 0) is 0 Å². The van der Waals surface area contributed by atoms with Gasteiger partial charge in [-0.05, 0) is 34.8 Å². The highest BCUT2D eigenvalue weighted by atomic mass is 79.9. The lowest BCUT2D eigenvalue weighted by molar-refractivity contribution is -0.386. The van der Waals surface area contributed by atoms with Gasteiger partial charge in [0.15, 0.2) is 0 Å². The fraction of sp³-hybridized carbons (Fsp3) is 0.545. The van der Waals surface area contributed by atoms with Crippen LogP contribution < -0.4 is 10.1 Å². The van der Waals surface area contributed by atoms with Gasteiger partial charge in [-0.15, -0.1) is 0 Å². The zero-order valence-corrected chi connectivity index (χ0v) is 11.5. The molecule has 0 saturated carbocycles. The average molecular weight is 316 g/mol. The largest absolute Gasteiger partial charge is 0.481 e. The molecule has 0 radical (unpaired) electrons. The van der Waals surface area contributed by atoms with Crippen LogP contribution in [0.1, 0.15) is 13.3 Å². The lowest BCUT2D eigenvalue weighted by atomic mass is 9.97. The van der Waals surface area contributed by atoms with Crippen LogP contribution in [0.3, 0.4) is 0 Å². The predicted octanol–water partition coefficient (Wildman–Crippen LogP) is 2.13. The maximum Gasteiger partial charge on any atom is 0.330 e. The van der Waals surface area contributed by atoms with Crippen molar-refractivity contribution in [3.63, 3.8) is 0 Å². The molecule has 0 bridgehead atoms. The summed E-state index contributed by atoms with van der Waals surface area (Å²) in [7, 11) is 0. The summed E-state index contributed by atoms with van der Waals surface area (Å²) in [5.41, 5.74) is -0.109. The summed E-state index contributed by atoms with van der Waals surface area (Å²) in [6.07, 6.45) is 3.65. The molecule has 1 saturated heterocycles. The van der Waals surface area contributed by atoms with Crippen LogP contribution in [0.4, 0.5) is 5.69 Å². The predicted molar refractivity (Wildman–Crippen MR) is 69.7 cm³/mol. The first-order chi connectivity index (χ1) is 8.59. The van der Waals surface area contributed by atoms with E-state index in [1.807, 2.05) is 0 Å². The third-order valence-corrected chi connectivity index (χ3v) is 3.62. The molecule has 2 heterocycles. The zero-order valence-electron chi connectivity index (χ0n) is 9.93. The summed E-state index contributed by atoms with van der Waals surface area (Å²) >= 11 is 3.25. The molecule has 0 amide bonds. The molecule has 1 fully saturated rings. The maximum atomic E-state index is 10.9. The van der Waals surface area contributed by atoms with Crippen LogP contribution in [0.15, 0.2) is 16.9 Å². The van der Waals surface area contributed by atoms with Gasteiger partial charge < -0.3 is 10.1 Å². The van der Waals surface area contributed by atoms with E-state index in [2.05, 4.69) is 33.2 Å². The van der Waals surface area contributed by atoms with Crippen molar-refractivity contribution < 1.29 is 9.66 Å². The fourth-order valence-electron chi connectivity index (χ4n) is 1.93. The van der Waals surface area contributed by atoms with Crippen LogP contribution in [0, 0.1) is 16.0 Å². The molecular formula is C11H14BrN3O3. The highest BCUT2D eigenvalue weighted by molar-refractivity contribution is 9.10. The number of rotatable bonds is 3. The smallest absolute Gasteiger partial charge is 0.330 e. The number of pyridine rings is 1. The molecule has 1 aromatic heterocycles. The molecule has 0 spiro atoms. The van der Waals surface area contributed by atoms with Crippen LogP contribution >= 0.6 is 15.9 Å². The van der Waals surface area contributed by atoms with Gasteiger partial charge >= 0.3 is 5.69 Å². The van der Waals surface area contributed by atoms with Crippen LogP contribution in [0.25, 0.3) is 0 Å². The van der Waals surface area contributed by atoms with E-state index in [0.717, 1.165) is 13.0 Å². The van der Waals surface area contributed by atoms with E-state index in [1.54, 1.807) is 0 Å². The molecule has 1 aromatic rings. The first-order valence-corrected chi connectivity index (χ1v) is 6.54. The summed E-state index contributed by atoms with van der Waals surface area (Å²) < 4.78 is 6.31. The van der Waals surface area contributed by atoms with E-state index in [0.29, 0.717) is 16.9 Å². The number of nitro groups is 1. The standard InChI is InChI=1S/C11H14BrN3O3/c1-7-2-3-13-6-10(7)18-11-8(12)4-14-5-9(11)15(16)17/h4-5,7,10,13H,2-3,6H2,1H3. The monoisotopic (exact) mass is 315 g/mol. The molecular weight excluding hydrogens is 302 g/mol. The molecule has 98 valence electrons. The Labute approximate surface area is 113 Å². The quantitative estimate of drug-likeness (QED) is 0.683. The lowest BCUT2D eigenvalue weighted by Gasteiger charge is -2.30. The van der Waals surface area contributed by atoms with Crippen molar-refractivity contribution in [3.8, 4) is 5.75 Å². The zero-order chi connectivity index (χ0) is 13.1. The molecule has 7 heteroatoms. The molecule has 0 aliphatic carbocycles. The van der Waals surface area contributed by atoms with Gasteiger partial charge in [-0.3, -0.25) is 15.1 Å². The molecule has 2 unspecified atom stereocenters. The van der Waals surface area contributed by atoms with E-state index in [4.69, 9.17) is 4.74 Å². The number of nitrogens with one attached hydrogen (secondary N) is 1. The third kappa shape index (κ3) is 2.78. The first kappa shape index (κ1) is 13.2. The highest BCUT2D eigenvalue weighted by Gasteiger charge is 2.27. The number of hydrogen-bond acceptors (Lipinski definition) is 5. The van der Waals surface area contributed by atoms with Crippen LogP contribution in [-0.4, -0.2) is 29.1 Å². The van der Waals surface area contributed by atoms with Crippen molar-refractivity contribution >= 4 is 21.6 Å². The SMILES string of the molecule is CC1CCNCC1Oc1c(Br)cncc1[N+](=O)[O-]. The Balaban J connectivity index is 2.24. The number of ether oxygens (including phenoxy) is 1. The molecule has 6 nitrogen and oxygen atoms in total. The second-order valence-electron chi connectivity index (χ2n) is 4.35. The van der Waals surface area contributed by atoms with Crippen molar-refractivity contribution in [1.29, 1.82) is 0 Å². The lowest BCUT2D eigenvalue weighted by Crippen LogP contribution is -2.43. The van der Waals surface area contributed by atoms with Crippen molar-refractivity contribution in [2.45, 2.75) is 19.4 Å². The van der Waals surface area contributed by atoms with Gasteiger partial charge in [0, 0.05) is 12.7 Å². The fourth-order valence-corrected chi connectivity index (χ4v) is 2.34. The van der Waals surface area contributed by atoms with Crippen LogP contribution in [0.5, 0.6) is 5.75 Å². The molecule has 1 N–H and O–H groups in total. The molecule has 2 rings (SSSR count). The number of hydrogen-bond donors (Lipinski definition) is 1.